The molecule has 0 saturated carbocycles. The predicted octanol–water partition coefficient (Wildman–Crippen LogP) is 4.39. The molecule has 1 aliphatic heterocycles. The van der Waals surface area contributed by atoms with Crippen molar-refractivity contribution in [2.45, 2.75) is 45.3 Å². The van der Waals surface area contributed by atoms with E-state index in [1.165, 1.54) is 6.07 Å². The lowest BCUT2D eigenvalue weighted by Crippen LogP contribution is -2.34. The lowest BCUT2D eigenvalue weighted by atomic mass is 9.97. The molecule has 0 bridgehead atoms. The number of rotatable bonds is 6. The number of nitrogens with two attached hydrogens (primary N) is 2. The van der Waals surface area contributed by atoms with Crippen LogP contribution in [0, 0.1) is 5.82 Å². The zero-order chi connectivity index (χ0) is 22.1. The lowest BCUT2D eigenvalue weighted by Gasteiger charge is -2.27. The maximum Gasteiger partial charge on any atom is 0.328 e. The normalized spacial score (nSPS) is 14.5. The molecule has 2 aromatic rings. The summed E-state index contributed by atoms with van der Waals surface area (Å²) >= 11 is 6.08. The van der Waals surface area contributed by atoms with Crippen LogP contribution in [0.5, 0.6) is 5.75 Å². The Morgan fingerprint density at radius 2 is 2.07 bits per heavy atom. The van der Waals surface area contributed by atoms with Gasteiger partial charge in [-0.15, -0.1) is 0 Å². The summed E-state index contributed by atoms with van der Waals surface area (Å²) in [4.78, 5) is 12.7. The second-order valence-corrected chi connectivity index (χ2v) is 8.22. The van der Waals surface area contributed by atoms with Gasteiger partial charge in [-0.05, 0) is 63.4 Å². The third-order valence-corrected chi connectivity index (χ3v) is 5.30. The van der Waals surface area contributed by atoms with Crippen LogP contribution in [0.3, 0.4) is 0 Å². The van der Waals surface area contributed by atoms with Crippen LogP contribution in [0.25, 0.3) is 0 Å². The highest BCUT2D eigenvalue weighted by atomic mass is 35.5. The molecule has 8 heteroatoms. The lowest BCUT2D eigenvalue weighted by molar-refractivity contribution is -0.158. The van der Waals surface area contributed by atoms with Gasteiger partial charge in [0.25, 0.3) is 0 Å². The fourth-order valence-electron chi connectivity index (χ4n) is 3.10. The summed E-state index contributed by atoms with van der Waals surface area (Å²) in [7, 11) is 0. The molecule has 0 spiro atoms. The Hall–Kier alpha value is -2.77. The van der Waals surface area contributed by atoms with Gasteiger partial charge in [-0.25, -0.2) is 9.18 Å². The van der Waals surface area contributed by atoms with E-state index in [0.29, 0.717) is 52.0 Å². The van der Waals surface area contributed by atoms with Gasteiger partial charge in [-0.2, -0.15) is 0 Å². The first kappa shape index (κ1) is 21.9. The van der Waals surface area contributed by atoms with E-state index in [9.17, 15) is 9.18 Å². The second-order valence-electron chi connectivity index (χ2n) is 7.81. The summed E-state index contributed by atoms with van der Waals surface area (Å²) in [5.41, 5.74) is 12.7. The molecule has 3 rings (SSSR count). The minimum atomic E-state index is -0.998. The average Bonchev–Trinajstić information content (AvgIpc) is 2.67. The summed E-state index contributed by atoms with van der Waals surface area (Å²) in [6.07, 6.45) is 0.707. The number of hydrogen-bond donors (Lipinski definition) is 3. The summed E-state index contributed by atoms with van der Waals surface area (Å²) in [6, 6.07) is 8.65. The topological polar surface area (TPSA) is 99.6 Å². The standard InChI is InChI=1S/C22H25ClFN3O3/c1-12-20(26)27-17-11-13(7-8-18(17)29-12)19(25)21(28)30-22(2,3)10-9-14-15(23)5-4-6-16(14)24/h4-8,11,19,27H,9-10,25-26H2,1-3H3. The molecular weight excluding hydrogens is 409 g/mol. The number of carbonyl (C=O) groups is 1. The van der Waals surface area contributed by atoms with Crippen molar-refractivity contribution in [3.8, 4) is 5.75 Å². The van der Waals surface area contributed by atoms with E-state index < -0.39 is 17.6 Å². The van der Waals surface area contributed by atoms with Gasteiger partial charge in [0.05, 0.1) is 5.69 Å². The Labute approximate surface area is 180 Å². The number of nitrogens with one attached hydrogen (secondary N) is 1. The van der Waals surface area contributed by atoms with Gasteiger partial charge >= 0.3 is 5.97 Å². The summed E-state index contributed by atoms with van der Waals surface area (Å²) in [5, 5.41) is 3.37. The Bertz CT molecular complexity index is 987. The molecule has 1 unspecified atom stereocenters. The van der Waals surface area contributed by atoms with Gasteiger partial charge < -0.3 is 26.3 Å². The van der Waals surface area contributed by atoms with Crippen molar-refractivity contribution < 1.29 is 18.7 Å². The Morgan fingerprint density at radius 3 is 2.77 bits per heavy atom. The smallest absolute Gasteiger partial charge is 0.328 e. The van der Waals surface area contributed by atoms with Gasteiger partial charge in [0.15, 0.2) is 5.75 Å². The number of carbonyl (C=O) groups excluding carboxylic acids is 1. The van der Waals surface area contributed by atoms with E-state index >= 15 is 0 Å². The van der Waals surface area contributed by atoms with Gasteiger partial charge in [0.2, 0.25) is 0 Å². The molecular formula is C22H25ClFN3O3. The number of esters is 1. The maximum atomic E-state index is 14.0. The Balaban J connectivity index is 1.66. The molecule has 1 atom stereocenters. The first-order valence-electron chi connectivity index (χ1n) is 9.54. The summed E-state index contributed by atoms with van der Waals surface area (Å²) in [6.45, 7) is 5.25. The highest BCUT2D eigenvalue weighted by Gasteiger charge is 2.28. The molecule has 6 nitrogen and oxygen atoms in total. The average molecular weight is 434 g/mol. The van der Waals surface area contributed by atoms with Gasteiger partial charge in [-0.1, -0.05) is 23.7 Å². The second kappa shape index (κ2) is 8.53. The fraction of sp³-hybridized carbons (Fsp3) is 0.318. The minimum Gasteiger partial charge on any atom is -0.458 e. The molecule has 1 aliphatic rings. The van der Waals surface area contributed by atoms with E-state index in [1.807, 2.05) is 0 Å². The largest absolute Gasteiger partial charge is 0.458 e. The first-order valence-corrected chi connectivity index (χ1v) is 9.92. The number of halogens is 2. The van der Waals surface area contributed by atoms with Crippen molar-refractivity contribution in [1.82, 2.24) is 0 Å². The van der Waals surface area contributed by atoms with Crippen molar-refractivity contribution in [2.75, 3.05) is 5.32 Å². The van der Waals surface area contributed by atoms with Crippen LogP contribution < -0.4 is 21.5 Å². The van der Waals surface area contributed by atoms with Crippen LogP contribution in [0.4, 0.5) is 10.1 Å². The van der Waals surface area contributed by atoms with E-state index in [4.69, 9.17) is 32.5 Å². The maximum absolute atomic E-state index is 14.0. The minimum absolute atomic E-state index is 0.325. The number of fused-ring (bicyclic) bond motifs is 1. The molecule has 0 aliphatic carbocycles. The van der Waals surface area contributed by atoms with Gasteiger partial charge in [0.1, 0.15) is 29.0 Å². The van der Waals surface area contributed by atoms with Crippen LogP contribution in [0.2, 0.25) is 5.02 Å². The number of ether oxygens (including phenoxy) is 2. The third kappa shape index (κ3) is 4.86. The van der Waals surface area contributed by atoms with Crippen molar-refractivity contribution >= 4 is 23.3 Å². The molecule has 160 valence electrons. The monoisotopic (exact) mass is 433 g/mol. The zero-order valence-corrected chi connectivity index (χ0v) is 17.8. The molecule has 1 heterocycles. The fourth-order valence-corrected chi connectivity index (χ4v) is 3.36. The molecule has 30 heavy (non-hydrogen) atoms. The first-order chi connectivity index (χ1) is 14.1. The van der Waals surface area contributed by atoms with E-state index in [-0.39, 0.29) is 5.82 Å². The highest BCUT2D eigenvalue weighted by molar-refractivity contribution is 6.31. The Kier molecular flexibility index (Phi) is 6.24. The molecule has 0 amide bonds. The molecule has 2 aromatic carbocycles. The van der Waals surface area contributed by atoms with E-state index in [1.54, 1.807) is 51.1 Å². The molecule has 0 saturated heterocycles. The van der Waals surface area contributed by atoms with E-state index in [0.717, 1.165) is 0 Å². The number of hydrogen-bond acceptors (Lipinski definition) is 6. The number of allylic oxidation sites excluding steroid dienone is 1. The SMILES string of the molecule is CC1=C(N)Nc2cc(C(N)C(=O)OC(C)(C)CCc3c(F)cccc3Cl)ccc2O1. The van der Waals surface area contributed by atoms with Gasteiger partial charge in [0, 0.05) is 10.6 Å². The van der Waals surface area contributed by atoms with Crippen molar-refractivity contribution in [2.24, 2.45) is 11.5 Å². The predicted molar refractivity (Wildman–Crippen MR) is 114 cm³/mol. The van der Waals surface area contributed by atoms with Crippen molar-refractivity contribution in [3.63, 3.8) is 0 Å². The number of anilines is 1. The highest BCUT2D eigenvalue weighted by Crippen LogP contribution is 2.34. The molecule has 0 radical (unpaired) electrons. The van der Waals surface area contributed by atoms with Crippen LogP contribution in [-0.2, 0) is 16.0 Å². The molecule has 0 fully saturated rings. The van der Waals surface area contributed by atoms with Crippen LogP contribution in [-0.4, -0.2) is 11.6 Å². The Morgan fingerprint density at radius 1 is 1.33 bits per heavy atom. The van der Waals surface area contributed by atoms with Gasteiger partial charge in [-0.3, -0.25) is 0 Å². The zero-order valence-electron chi connectivity index (χ0n) is 17.1. The molecule has 0 aromatic heterocycles. The van der Waals surface area contributed by atoms with Crippen molar-refractivity contribution in [1.29, 1.82) is 0 Å². The van der Waals surface area contributed by atoms with Crippen molar-refractivity contribution in [3.05, 3.63) is 69.9 Å². The third-order valence-electron chi connectivity index (χ3n) is 4.94. The summed E-state index contributed by atoms with van der Waals surface area (Å²) in [5.74, 6) is 0.581. The number of benzene rings is 2. The van der Waals surface area contributed by atoms with Crippen LogP contribution in [0.1, 0.15) is 44.4 Å². The quantitative estimate of drug-likeness (QED) is 0.584. The van der Waals surface area contributed by atoms with Crippen LogP contribution >= 0.6 is 11.6 Å². The van der Waals surface area contributed by atoms with E-state index in [2.05, 4.69) is 5.32 Å². The molecule has 5 N–H and O–H groups in total. The van der Waals surface area contributed by atoms with Crippen LogP contribution in [0.15, 0.2) is 48.0 Å². The summed E-state index contributed by atoms with van der Waals surface area (Å²) < 4.78 is 25.2.